The third-order valence-electron chi connectivity index (χ3n) is 2.10. The van der Waals surface area contributed by atoms with Crippen LogP contribution in [0.1, 0.15) is 6.42 Å². The zero-order chi connectivity index (χ0) is 13.8. The van der Waals surface area contributed by atoms with Crippen LogP contribution in [0, 0.1) is 0 Å². The predicted octanol–water partition coefficient (Wildman–Crippen LogP) is 3.33. The van der Waals surface area contributed by atoms with Crippen LogP contribution in [-0.2, 0) is 10.0 Å². The molecule has 0 aliphatic heterocycles. The maximum atomic E-state index is 11.9. The lowest BCUT2D eigenvalue weighted by atomic mass is 10.3. The highest BCUT2D eigenvalue weighted by Crippen LogP contribution is 2.34. The second kappa shape index (κ2) is 7.23. The fourth-order valence-electron chi connectivity index (χ4n) is 1.29. The van der Waals surface area contributed by atoms with Crippen LogP contribution in [0.4, 0.5) is 5.69 Å². The van der Waals surface area contributed by atoms with Crippen molar-refractivity contribution >= 4 is 63.5 Å². The summed E-state index contributed by atoms with van der Waals surface area (Å²) in [6.45, 7) is 0.670. The molecule has 1 rings (SSSR count). The zero-order valence-corrected chi connectivity index (χ0v) is 15.2. The Morgan fingerprint density at radius 2 is 1.72 bits per heavy atom. The second-order valence-corrected chi connectivity index (χ2v) is 8.09. The fourth-order valence-corrected chi connectivity index (χ4v) is 5.16. The van der Waals surface area contributed by atoms with Crippen LogP contribution in [0.2, 0.25) is 0 Å². The SMILES string of the molecule is CNCCCS(=O)(=O)Nc1c(Br)cc(Br)cc1Br. The predicted molar refractivity (Wildman–Crippen MR) is 85.5 cm³/mol. The molecule has 1 aromatic rings. The van der Waals surface area contributed by atoms with Gasteiger partial charge in [-0.25, -0.2) is 8.42 Å². The average Bonchev–Trinajstić information content (AvgIpc) is 2.23. The third-order valence-corrected chi connectivity index (χ3v) is 5.15. The molecular formula is C10H13Br3N2O2S. The minimum absolute atomic E-state index is 0.0861. The lowest BCUT2D eigenvalue weighted by Crippen LogP contribution is -2.20. The van der Waals surface area contributed by atoms with E-state index >= 15 is 0 Å². The van der Waals surface area contributed by atoms with E-state index in [1.54, 1.807) is 19.2 Å². The highest BCUT2D eigenvalue weighted by atomic mass is 79.9. The van der Waals surface area contributed by atoms with E-state index in [0.717, 1.165) is 4.47 Å². The molecular weight excluding hydrogens is 452 g/mol. The normalized spacial score (nSPS) is 11.6. The zero-order valence-electron chi connectivity index (χ0n) is 9.63. The molecule has 1 aromatic carbocycles. The van der Waals surface area contributed by atoms with Gasteiger partial charge in [-0.2, -0.15) is 0 Å². The van der Waals surface area contributed by atoms with Crippen molar-refractivity contribution in [2.24, 2.45) is 0 Å². The molecule has 18 heavy (non-hydrogen) atoms. The number of hydrogen-bond acceptors (Lipinski definition) is 3. The van der Waals surface area contributed by atoms with Crippen molar-refractivity contribution in [3.8, 4) is 0 Å². The summed E-state index contributed by atoms with van der Waals surface area (Å²) in [6.07, 6.45) is 0.567. The van der Waals surface area contributed by atoms with Crippen LogP contribution in [-0.4, -0.2) is 27.8 Å². The number of rotatable bonds is 6. The summed E-state index contributed by atoms with van der Waals surface area (Å²) < 4.78 is 28.5. The van der Waals surface area contributed by atoms with E-state index in [9.17, 15) is 8.42 Å². The highest BCUT2D eigenvalue weighted by Gasteiger charge is 2.15. The molecule has 0 unspecified atom stereocenters. The number of benzene rings is 1. The molecule has 0 aliphatic rings. The van der Waals surface area contributed by atoms with E-state index in [2.05, 4.69) is 57.8 Å². The third kappa shape index (κ3) is 5.16. The molecule has 0 radical (unpaired) electrons. The Labute approximate surface area is 132 Å². The van der Waals surface area contributed by atoms with Crippen LogP contribution in [0.3, 0.4) is 0 Å². The Kier molecular flexibility index (Phi) is 6.60. The van der Waals surface area contributed by atoms with Gasteiger partial charge in [0.1, 0.15) is 0 Å². The van der Waals surface area contributed by atoms with E-state index in [1.807, 2.05) is 0 Å². The van der Waals surface area contributed by atoms with E-state index in [0.29, 0.717) is 27.6 Å². The van der Waals surface area contributed by atoms with Crippen LogP contribution in [0.5, 0.6) is 0 Å². The standard InChI is InChI=1S/C10H13Br3N2O2S/c1-14-3-2-4-18(16,17)15-10-8(12)5-7(11)6-9(10)13/h5-6,14-15H,2-4H2,1H3. The van der Waals surface area contributed by atoms with Gasteiger partial charge in [0, 0.05) is 13.4 Å². The van der Waals surface area contributed by atoms with E-state index in [1.165, 1.54) is 0 Å². The lowest BCUT2D eigenvalue weighted by molar-refractivity contribution is 0.597. The van der Waals surface area contributed by atoms with Crippen molar-refractivity contribution in [1.29, 1.82) is 0 Å². The number of halogens is 3. The van der Waals surface area contributed by atoms with Gasteiger partial charge in [-0.1, -0.05) is 15.9 Å². The Morgan fingerprint density at radius 3 is 2.22 bits per heavy atom. The number of hydrogen-bond donors (Lipinski definition) is 2. The fraction of sp³-hybridized carbons (Fsp3) is 0.400. The second-order valence-electron chi connectivity index (χ2n) is 3.62. The molecule has 8 heteroatoms. The first-order chi connectivity index (χ1) is 8.35. The van der Waals surface area contributed by atoms with E-state index < -0.39 is 10.0 Å². The first kappa shape index (κ1) is 16.4. The van der Waals surface area contributed by atoms with Gasteiger partial charge in [0.2, 0.25) is 10.0 Å². The Morgan fingerprint density at radius 1 is 1.17 bits per heavy atom. The van der Waals surface area contributed by atoms with Crippen molar-refractivity contribution < 1.29 is 8.42 Å². The maximum Gasteiger partial charge on any atom is 0.232 e. The molecule has 0 amide bonds. The summed E-state index contributed by atoms with van der Waals surface area (Å²) in [5.74, 6) is 0.0861. The summed E-state index contributed by atoms with van der Waals surface area (Å²) in [5, 5.41) is 2.92. The van der Waals surface area contributed by atoms with Gasteiger partial charge < -0.3 is 5.32 Å². The van der Waals surface area contributed by atoms with Gasteiger partial charge in [-0.15, -0.1) is 0 Å². The molecule has 102 valence electrons. The molecule has 4 nitrogen and oxygen atoms in total. The molecule has 2 N–H and O–H groups in total. The topological polar surface area (TPSA) is 58.2 Å². The largest absolute Gasteiger partial charge is 0.320 e. The van der Waals surface area contributed by atoms with Crippen LogP contribution < -0.4 is 10.0 Å². The molecule has 0 spiro atoms. The highest BCUT2D eigenvalue weighted by molar-refractivity contribution is 9.11. The average molecular weight is 465 g/mol. The molecule has 0 saturated heterocycles. The maximum absolute atomic E-state index is 11.9. The van der Waals surface area contributed by atoms with Crippen LogP contribution in [0.15, 0.2) is 25.6 Å². The number of sulfonamides is 1. The monoisotopic (exact) mass is 462 g/mol. The first-order valence-electron chi connectivity index (χ1n) is 5.15. The van der Waals surface area contributed by atoms with Crippen molar-refractivity contribution in [2.75, 3.05) is 24.1 Å². The van der Waals surface area contributed by atoms with Crippen LogP contribution in [0.25, 0.3) is 0 Å². The Bertz CT molecular complexity index is 497. The van der Waals surface area contributed by atoms with Crippen LogP contribution >= 0.6 is 47.8 Å². The smallest absolute Gasteiger partial charge is 0.232 e. The minimum Gasteiger partial charge on any atom is -0.320 e. The van der Waals surface area contributed by atoms with E-state index in [-0.39, 0.29) is 5.75 Å². The van der Waals surface area contributed by atoms with Gasteiger partial charge in [0.25, 0.3) is 0 Å². The summed E-state index contributed by atoms with van der Waals surface area (Å²) in [5.41, 5.74) is 0.516. The van der Waals surface area contributed by atoms with Crippen molar-refractivity contribution in [3.63, 3.8) is 0 Å². The number of anilines is 1. The molecule has 0 heterocycles. The summed E-state index contributed by atoms with van der Waals surface area (Å²) in [4.78, 5) is 0. The first-order valence-corrected chi connectivity index (χ1v) is 9.18. The van der Waals surface area contributed by atoms with Gasteiger partial charge >= 0.3 is 0 Å². The molecule has 0 atom stereocenters. The quantitative estimate of drug-likeness (QED) is 0.635. The lowest BCUT2D eigenvalue weighted by Gasteiger charge is -2.12. The van der Waals surface area contributed by atoms with Crippen molar-refractivity contribution in [2.45, 2.75) is 6.42 Å². The molecule has 0 bridgehead atoms. The molecule has 0 aromatic heterocycles. The van der Waals surface area contributed by atoms with Gasteiger partial charge in [-0.3, -0.25) is 4.72 Å². The van der Waals surface area contributed by atoms with Gasteiger partial charge in [-0.05, 0) is 64.0 Å². The summed E-state index contributed by atoms with van der Waals surface area (Å²) in [6, 6.07) is 3.58. The van der Waals surface area contributed by atoms with Crippen molar-refractivity contribution in [1.82, 2.24) is 5.32 Å². The molecule has 0 fully saturated rings. The molecule has 0 saturated carbocycles. The minimum atomic E-state index is -3.33. The van der Waals surface area contributed by atoms with Gasteiger partial charge in [0.15, 0.2) is 0 Å². The Hall–Kier alpha value is 0.370. The van der Waals surface area contributed by atoms with E-state index in [4.69, 9.17) is 0 Å². The van der Waals surface area contributed by atoms with Crippen molar-refractivity contribution in [3.05, 3.63) is 25.6 Å². The Balaban J connectivity index is 2.84. The number of nitrogens with one attached hydrogen (secondary N) is 2. The summed E-state index contributed by atoms with van der Waals surface area (Å²) in [7, 11) is -1.54. The summed E-state index contributed by atoms with van der Waals surface area (Å²) >= 11 is 10.00. The molecule has 0 aliphatic carbocycles. The van der Waals surface area contributed by atoms with Gasteiger partial charge in [0.05, 0.1) is 11.4 Å².